The number of cyclic esters (lactones) is 1. The molecule has 1 aromatic rings. The lowest BCUT2D eigenvalue weighted by atomic mass is 9.69. The van der Waals surface area contributed by atoms with Crippen molar-refractivity contribution in [2.75, 3.05) is 0 Å². The van der Waals surface area contributed by atoms with E-state index in [4.69, 9.17) is 18.6 Å². The second-order valence-electron chi connectivity index (χ2n) is 18.4. The standard InChI is InChI=1S/C40H66F3NO5SSi2/c1-26-18-17-19-30(40(41,42)43)20-21-32(27(2)22-31-25-50-33(44-31)24-47-51(13,14)37(5,6)7)48-34(45)23-28(3)39(11,12)36(46)29(4)35(26)49-52(15,16)38(8,9)10/h17-18,20,22,25-26,28-29,32,35H,19,21,23-24H2,1-16H3/b18-17+,27-22+,30-20+/t26-,28-,29+,32-,35-/m0/s1. The molecular formula is C40H66F3NO5SSi2. The van der Waals surface area contributed by atoms with Gasteiger partial charge in [0, 0.05) is 35.1 Å². The van der Waals surface area contributed by atoms with E-state index in [9.17, 15) is 22.8 Å². The van der Waals surface area contributed by atoms with Crippen molar-refractivity contribution in [1.29, 1.82) is 0 Å². The van der Waals surface area contributed by atoms with Crippen LogP contribution in [0, 0.1) is 23.2 Å². The molecule has 5 atom stereocenters. The average molecular weight is 786 g/mol. The van der Waals surface area contributed by atoms with Crippen molar-refractivity contribution < 1.29 is 36.3 Å². The second-order valence-corrected chi connectivity index (χ2v) is 28.9. The van der Waals surface area contributed by atoms with E-state index in [-0.39, 0.29) is 41.0 Å². The molecule has 0 saturated carbocycles. The maximum Gasteiger partial charge on any atom is 0.412 e. The first-order valence-electron chi connectivity index (χ1n) is 18.5. The number of hydrogen-bond donors (Lipinski definition) is 0. The van der Waals surface area contributed by atoms with Crippen LogP contribution in [0.2, 0.25) is 36.3 Å². The first-order chi connectivity index (χ1) is 23.4. The molecule has 0 unspecified atom stereocenters. The van der Waals surface area contributed by atoms with Crippen molar-refractivity contribution in [2.24, 2.45) is 23.2 Å². The predicted octanol–water partition coefficient (Wildman–Crippen LogP) is 12.1. The molecule has 1 aromatic heterocycles. The van der Waals surface area contributed by atoms with Gasteiger partial charge in [-0.1, -0.05) is 94.4 Å². The summed E-state index contributed by atoms with van der Waals surface area (Å²) >= 11 is 1.45. The fourth-order valence-corrected chi connectivity index (χ4v) is 8.68. The van der Waals surface area contributed by atoms with Crippen molar-refractivity contribution in [3.63, 3.8) is 0 Å². The van der Waals surface area contributed by atoms with Gasteiger partial charge in [-0.3, -0.25) is 9.59 Å². The lowest BCUT2D eigenvalue weighted by Gasteiger charge is -2.43. The maximum atomic E-state index is 14.4. The molecule has 0 aliphatic carbocycles. The number of nitrogens with zero attached hydrogens (tertiary/aromatic N) is 1. The smallest absolute Gasteiger partial charge is 0.412 e. The van der Waals surface area contributed by atoms with Gasteiger partial charge in [-0.25, -0.2) is 4.98 Å². The summed E-state index contributed by atoms with van der Waals surface area (Å²) in [6.07, 6.45) is -0.515. The minimum atomic E-state index is -4.59. The van der Waals surface area contributed by atoms with Crippen LogP contribution in [0.5, 0.6) is 0 Å². The number of alkyl halides is 3. The third-order valence-electron chi connectivity index (χ3n) is 11.8. The maximum absolute atomic E-state index is 14.4. The third-order valence-corrected chi connectivity index (χ3v) is 21.6. The number of halogens is 3. The summed E-state index contributed by atoms with van der Waals surface area (Å²) in [5.41, 5.74) is -0.432. The summed E-state index contributed by atoms with van der Waals surface area (Å²) in [5, 5.41) is 2.57. The number of esters is 1. The van der Waals surface area contributed by atoms with Crippen molar-refractivity contribution in [1.82, 2.24) is 4.98 Å². The molecule has 0 fully saturated rings. The van der Waals surface area contributed by atoms with Gasteiger partial charge in [0.2, 0.25) is 0 Å². The molecule has 6 nitrogen and oxygen atoms in total. The predicted molar refractivity (Wildman–Crippen MR) is 213 cm³/mol. The Morgan fingerprint density at radius 3 is 2.13 bits per heavy atom. The van der Waals surface area contributed by atoms with E-state index >= 15 is 0 Å². The molecule has 0 bridgehead atoms. The molecule has 296 valence electrons. The summed E-state index contributed by atoms with van der Waals surface area (Å²) in [4.78, 5) is 32.5. The van der Waals surface area contributed by atoms with E-state index in [1.807, 2.05) is 40.0 Å². The highest BCUT2D eigenvalue weighted by molar-refractivity contribution is 7.09. The van der Waals surface area contributed by atoms with Crippen molar-refractivity contribution in [3.05, 3.63) is 45.5 Å². The molecule has 0 saturated heterocycles. The molecule has 12 heteroatoms. The van der Waals surface area contributed by atoms with Gasteiger partial charge < -0.3 is 13.6 Å². The molecule has 0 aromatic carbocycles. The number of carbonyl (C=O) groups excluding carboxylic acids is 2. The average Bonchev–Trinajstić information content (AvgIpc) is 3.43. The monoisotopic (exact) mass is 785 g/mol. The summed E-state index contributed by atoms with van der Waals surface area (Å²) in [5.74, 6) is -1.93. The summed E-state index contributed by atoms with van der Waals surface area (Å²) < 4.78 is 62.3. The normalized spacial score (nSPS) is 27.2. The lowest BCUT2D eigenvalue weighted by Crippen LogP contribution is -2.50. The van der Waals surface area contributed by atoms with Crippen molar-refractivity contribution in [3.8, 4) is 0 Å². The van der Waals surface area contributed by atoms with E-state index in [1.165, 1.54) is 17.4 Å². The van der Waals surface area contributed by atoms with Crippen LogP contribution in [0.3, 0.4) is 0 Å². The number of Topliss-reactive ketones (excluding diaryl/α,β-unsaturated/α-hetero) is 1. The number of hydrogen-bond acceptors (Lipinski definition) is 7. The fourth-order valence-electron chi connectivity index (χ4n) is 5.53. The fraction of sp³-hybridized carbons (Fsp3) is 0.725. The Morgan fingerprint density at radius 1 is 1.02 bits per heavy atom. The zero-order valence-corrected chi connectivity index (χ0v) is 37.4. The molecule has 2 rings (SSSR count). The first kappa shape index (κ1) is 46.3. The molecule has 0 radical (unpaired) electrons. The number of ketones is 1. The highest BCUT2D eigenvalue weighted by atomic mass is 32.1. The van der Waals surface area contributed by atoms with Gasteiger partial charge in [0.25, 0.3) is 0 Å². The van der Waals surface area contributed by atoms with Crippen LogP contribution in [0.25, 0.3) is 6.08 Å². The molecule has 1 aliphatic rings. The Kier molecular flexibility index (Phi) is 15.4. The summed E-state index contributed by atoms with van der Waals surface area (Å²) in [6.45, 7) is 32.9. The van der Waals surface area contributed by atoms with E-state index < -0.39 is 63.8 Å². The quantitative estimate of drug-likeness (QED) is 0.156. The van der Waals surface area contributed by atoms with Crippen LogP contribution in [0.15, 0.2) is 34.8 Å². The number of ether oxygens (including phenoxy) is 1. The molecular weight excluding hydrogens is 720 g/mol. The van der Waals surface area contributed by atoms with Gasteiger partial charge in [0.1, 0.15) is 16.9 Å². The number of aromatic nitrogens is 1. The van der Waals surface area contributed by atoms with Gasteiger partial charge in [0.15, 0.2) is 16.6 Å². The largest absolute Gasteiger partial charge is 0.457 e. The third kappa shape index (κ3) is 12.3. The minimum Gasteiger partial charge on any atom is -0.457 e. The van der Waals surface area contributed by atoms with Gasteiger partial charge in [0.05, 0.1) is 18.4 Å². The van der Waals surface area contributed by atoms with E-state index in [0.29, 0.717) is 17.9 Å². The van der Waals surface area contributed by atoms with E-state index in [1.54, 1.807) is 19.1 Å². The van der Waals surface area contributed by atoms with E-state index in [0.717, 1.165) is 11.1 Å². The Bertz CT molecular complexity index is 1480. The van der Waals surface area contributed by atoms with Crippen LogP contribution < -0.4 is 0 Å². The summed E-state index contributed by atoms with van der Waals surface area (Å²) in [6, 6.07) is 0. The summed E-state index contributed by atoms with van der Waals surface area (Å²) in [7, 11) is -4.37. The Morgan fingerprint density at radius 2 is 1.60 bits per heavy atom. The number of allylic oxidation sites excluding steroid dienone is 2. The van der Waals surface area contributed by atoms with Crippen LogP contribution in [-0.4, -0.2) is 51.8 Å². The number of rotatable bonds is 7. The van der Waals surface area contributed by atoms with Crippen molar-refractivity contribution in [2.45, 2.75) is 164 Å². The Balaban J connectivity index is 2.55. The number of thiazole rings is 1. The van der Waals surface area contributed by atoms with Crippen LogP contribution >= 0.6 is 11.3 Å². The molecule has 0 amide bonds. The number of carbonyl (C=O) groups is 2. The van der Waals surface area contributed by atoms with Gasteiger partial charge in [-0.15, -0.1) is 11.3 Å². The van der Waals surface area contributed by atoms with Gasteiger partial charge >= 0.3 is 12.1 Å². The lowest BCUT2D eigenvalue weighted by molar-refractivity contribution is -0.150. The van der Waals surface area contributed by atoms with Gasteiger partial charge in [-0.05, 0) is 73.1 Å². The van der Waals surface area contributed by atoms with E-state index in [2.05, 4.69) is 67.7 Å². The molecule has 0 spiro atoms. The first-order valence-corrected chi connectivity index (χ1v) is 25.2. The molecule has 52 heavy (non-hydrogen) atoms. The van der Waals surface area contributed by atoms with Crippen LogP contribution in [-0.2, 0) is 29.8 Å². The Labute approximate surface area is 318 Å². The van der Waals surface area contributed by atoms with Crippen LogP contribution in [0.1, 0.15) is 113 Å². The van der Waals surface area contributed by atoms with Crippen LogP contribution in [0.4, 0.5) is 13.2 Å². The van der Waals surface area contributed by atoms with Crippen molar-refractivity contribution >= 4 is 45.8 Å². The zero-order chi connectivity index (χ0) is 40.3. The minimum absolute atomic E-state index is 0.0498. The molecule has 2 heterocycles. The second kappa shape index (κ2) is 17.3. The topological polar surface area (TPSA) is 74.7 Å². The Hall–Kier alpha value is -1.87. The van der Waals surface area contributed by atoms with Gasteiger partial charge in [-0.2, -0.15) is 13.2 Å². The zero-order valence-electron chi connectivity index (χ0n) is 34.6. The SMILES string of the molecule is C/C(=C\c1csc(CO[Si](C)(C)C(C)(C)C)n1)[C@@H]1C/C=C(/C(F)(F)F)C/C=C/[C@H](C)[C@H](O[Si](C)(C)C(C)(C)C)[C@@H](C)C(=O)C(C)(C)[C@@H](C)CC(=O)O1. The highest BCUT2D eigenvalue weighted by Crippen LogP contribution is 2.42. The highest BCUT2D eigenvalue weighted by Gasteiger charge is 2.46. The molecule has 1 aliphatic heterocycles. The molecule has 0 N–H and O–H groups in total.